The quantitative estimate of drug-likeness (QED) is 0.348. The Morgan fingerprint density at radius 1 is 0.714 bits per heavy atom. The first-order chi connectivity index (χ1) is 12.9. The van der Waals surface area contributed by atoms with E-state index in [0.717, 1.165) is 5.75 Å². The standard InChI is InChI=1S/C25H26NO.BrH/c1-15-13-17(3)22(18(4)14-15)25-23-16(2)9-7-10-19(23)26(5)20-11-8-12-21(27-6)24(20)25;/h7-14H,1-6H3;1H/q+1;/p-1. The van der Waals surface area contributed by atoms with Crippen molar-refractivity contribution in [1.29, 1.82) is 0 Å². The number of ether oxygens (including phenoxy) is 1. The topological polar surface area (TPSA) is 13.1 Å². The van der Waals surface area contributed by atoms with Crippen molar-refractivity contribution in [3.05, 3.63) is 70.8 Å². The fourth-order valence-corrected chi connectivity index (χ4v) is 4.56. The van der Waals surface area contributed by atoms with Crippen LogP contribution in [-0.4, -0.2) is 7.11 Å². The summed E-state index contributed by atoms with van der Waals surface area (Å²) < 4.78 is 8.10. The monoisotopic (exact) mass is 435 g/mol. The van der Waals surface area contributed by atoms with Crippen molar-refractivity contribution >= 4 is 21.8 Å². The van der Waals surface area contributed by atoms with Gasteiger partial charge < -0.3 is 21.7 Å². The predicted molar refractivity (Wildman–Crippen MR) is 114 cm³/mol. The van der Waals surface area contributed by atoms with Crippen molar-refractivity contribution in [2.75, 3.05) is 7.11 Å². The maximum absolute atomic E-state index is 5.82. The van der Waals surface area contributed by atoms with Gasteiger partial charge in [0.05, 0.1) is 17.9 Å². The van der Waals surface area contributed by atoms with Crippen molar-refractivity contribution in [2.45, 2.75) is 27.7 Å². The third-order valence-corrected chi connectivity index (χ3v) is 5.62. The highest BCUT2D eigenvalue weighted by atomic mass is 79.9. The lowest BCUT2D eigenvalue weighted by Gasteiger charge is -2.18. The average Bonchev–Trinajstić information content (AvgIpc) is 2.63. The van der Waals surface area contributed by atoms with Gasteiger partial charge in [-0.05, 0) is 56.0 Å². The first-order valence-electron chi connectivity index (χ1n) is 9.40. The van der Waals surface area contributed by atoms with Gasteiger partial charge in [0.2, 0.25) is 11.0 Å². The molecule has 3 heteroatoms. The van der Waals surface area contributed by atoms with E-state index in [1.807, 2.05) is 0 Å². The minimum absolute atomic E-state index is 0. The highest BCUT2D eigenvalue weighted by molar-refractivity contribution is 6.11. The zero-order valence-corrected chi connectivity index (χ0v) is 18.9. The smallest absolute Gasteiger partial charge is 0.217 e. The Labute approximate surface area is 177 Å². The lowest BCUT2D eigenvalue weighted by molar-refractivity contribution is -0.617. The van der Waals surface area contributed by atoms with Crippen LogP contribution in [0.15, 0.2) is 48.5 Å². The summed E-state index contributed by atoms with van der Waals surface area (Å²) in [5.41, 5.74) is 10.2. The largest absolute Gasteiger partial charge is 1.00 e. The molecule has 0 aliphatic rings. The molecular weight excluding hydrogens is 410 g/mol. The molecule has 0 atom stereocenters. The molecule has 0 amide bonds. The Hall–Kier alpha value is -2.39. The van der Waals surface area contributed by atoms with E-state index in [0.29, 0.717) is 0 Å². The second kappa shape index (κ2) is 7.56. The molecule has 2 nitrogen and oxygen atoms in total. The second-order valence-corrected chi connectivity index (χ2v) is 7.53. The van der Waals surface area contributed by atoms with Crippen LogP contribution in [-0.2, 0) is 7.05 Å². The molecule has 0 radical (unpaired) electrons. The molecule has 0 saturated carbocycles. The number of hydrogen-bond acceptors (Lipinski definition) is 1. The van der Waals surface area contributed by atoms with E-state index in [9.17, 15) is 0 Å². The summed E-state index contributed by atoms with van der Waals surface area (Å²) in [5, 5.41) is 2.48. The van der Waals surface area contributed by atoms with Crippen LogP contribution in [0.3, 0.4) is 0 Å². The summed E-state index contributed by atoms with van der Waals surface area (Å²) in [6.07, 6.45) is 0. The zero-order chi connectivity index (χ0) is 19.3. The van der Waals surface area contributed by atoms with Gasteiger partial charge in [0.25, 0.3) is 0 Å². The molecule has 28 heavy (non-hydrogen) atoms. The highest BCUT2D eigenvalue weighted by Gasteiger charge is 2.24. The van der Waals surface area contributed by atoms with Gasteiger partial charge in [-0.15, -0.1) is 0 Å². The van der Waals surface area contributed by atoms with E-state index >= 15 is 0 Å². The molecule has 0 aliphatic carbocycles. The number of aromatic nitrogens is 1. The molecule has 144 valence electrons. The maximum Gasteiger partial charge on any atom is 0.217 e. The fourth-order valence-electron chi connectivity index (χ4n) is 4.56. The summed E-state index contributed by atoms with van der Waals surface area (Å²) in [4.78, 5) is 0. The minimum atomic E-state index is 0. The maximum atomic E-state index is 5.82. The number of nitrogens with zero attached hydrogens (tertiary/aromatic N) is 1. The molecule has 0 aliphatic heterocycles. The van der Waals surface area contributed by atoms with Gasteiger partial charge in [-0.1, -0.05) is 35.9 Å². The molecule has 0 spiro atoms. The van der Waals surface area contributed by atoms with Gasteiger partial charge in [0.1, 0.15) is 12.8 Å². The second-order valence-electron chi connectivity index (χ2n) is 7.53. The third-order valence-electron chi connectivity index (χ3n) is 5.62. The summed E-state index contributed by atoms with van der Waals surface area (Å²) in [7, 11) is 3.90. The van der Waals surface area contributed by atoms with Gasteiger partial charge in [0.15, 0.2) is 0 Å². The summed E-state index contributed by atoms with van der Waals surface area (Å²) >= 11 is 0. The molecule has 0 bridgehead atoms. The van der Waals surface area contributed by atoms with Crippen LogP contribution in [0.1, 0.15) is 22.3 Å². The highest BCUT2D eigenvalue weighted by Crippen LogP contribution is 2.42. The Kier molecular flexibility index (Phi) is 5.49. The van der Waals surface area contributed by atoms with Crippen LogP contribution in [0, 0.1) is 27.7 Å². The van der Waals surface area contributed by atoms with Crippen molar-refractivity contribution in [2.24, 2.45) is 7.05 Å². The molecule has 1 heterocycles. The molecule has 0 saturated heterocycles. The Morgan fingerprint density at radius 2 is 1.29 bits per heavy atom. The van der Waals surface area contributed by atoms with E-state index in [1.165, 1.54) is 55.2 Å². The van der Waals surface area contributed by atoms with E-state index in [4.69, 9.17) is 4.74 Å². The Balaban J connectivity index is 0.00000225. The number of halogens is 1. The van der Waals surface area contributed by atoms with Gasteiger partial charge in [0, 0.05) is 17.7 Å². The average molecular weight is 436 g/mol. The molecule has 0 fully saturated rings. The van der Waals surface area contributed by atoms with Crippen LogP contribution in [0.5, 0.6) is 5.75 Å². The van der Waals surface area contributed by atoms with Crippen LogP contribution in [0.4, 0.5) is 0 Å². The summed E-state index contributed by atoms with van der Waals surface area (Å²) in [6, 6.07) is 17.4. The SMILES string of the molecule is COc1cccc2c1c(-c1c(C)cc(C)cc1C)c1c(C)cccc1[n+]2C.[Br-]. The molecule has 4 aromatic rings. The minimum Gasteiger partial charge on any atom is -1.00 e. The van der Waals surface area contributed by atoms with E-state index in [1.54, 1.807) is 7.11 Å². The van der Waals surface area contributed by atoms with Crippen molar-refractivity contribution in [3.8, 4) is 16.9 Å². The molecular formula is C25H26BrNO. The number of pyridine rings is 1. The molecule has 1 aromatic heterocycles. The van der Waals surface area contributed by atoms with Gasteiger partial charge in [-0.25, -0.2) is 0 Å². The van der Waals surface area contributed by atoms with Crippen LogP contribution in [0.25, 0.3) is 32.9 Å². The predicted octanol–water partition coefficient (Wildman–Crippen LogP) is 2.73. The lowest BCUT2D eigenvalue weighted by Crippen LogP contribution is -3.00. The van der Waals surface area contributed by atoms with Crippen LogP contribution >= 0.6 is 0 Å². The van der Waals surface area contributed by atoms with E-state index in [2.05, 4.69) is 87.8 Å². The fraction of sp³-hybridized carbons (Fsp3) is 0.240. The van der Waals surface area contributed by atoms with Gasteiger partial charge >= 0.3 is 0 Å². The number of fused-ring (bicyclic) bond motifs is 2. The van der Waals surface area contributed by atoms with Crippen LogP contribution < -0.4 is 26.3 Å². The number of hydrogen-bond donors (Lipinski definition) is 0. The first-order valence-corrected chi connectivity index (χ1v) is 9.40. The van der Waals surface area contributed by atoms with Gasteiger partial charge in [-0.3, -0.25) is 0 Å². The van der Waals surface area contributed by atoms with Gasteiger partial charge in [-0.2, -0.15) is 4.57 Å². The molecule has 3 aromatic carbocycles. The van der Waals surface area contributed by atoms with Crippen molar-refractivity contribution in [3.63, 3.8) is 0 Å². The Morgan fingerprint density at radius 3 is 1.89 bits per heavy atom. The first kappa shape index (κ1) is 20.3. The number of rotatable bonds is 2. The third kappa shape index (κ3) is 2.98. The molecule has 4 rings (SSSR count). The Bertz CT molecular complexity index is 1190. The summed E-state index contributed by atoms with van der Waals surface area (Å²) in [6.45, 7) is 8.80. The number of benzene rings is 3. The summed E-state index contributed by atoms with van der Waals surface area (Å²) in [5.74, 6) is 0.919. The normalized spacial score (nSPS) is 10.9. The van der Waals surface area contributed by atoms with Crippen molar-refractivity contribution < 1.29 is 26.3 Å². The van der Waals surface area contributed by atoms with Crippen LogP contribution in [0.2, 0.25) is 0 Å². The molecule has 0 N–H and O–H groups in total. The zero-order valence-electron chi connectivity index (χ0n) is 17.4. The lowest BCUT2D eigenvalue weighted by atomic mass is 9.87. The van der Waals surface area contributed by atoms with E-state index < -0.39 is 0 Å². The van der Waals surface area contributed by atoms with Crippen molar-refractivity contribution in [1.82, 2.24) is 0 Å². The number of methoxy groups -OCH3 is 1. The molecule has 0 unspecified atom stereocenters. The van der Waals surface area contributed by atoms with E-state index in [-0.39, 0.29) is 17.0 Å². The number of aryl methyl sites for hydroxylation is 5.